The van der Waals surface area contributed by atoms with Crippen LogP contribution in [0.15, 0.2) is 58.1 Å². The van der Waals surface area contributed by atoms with E-state index in [1.165, 1.54) is 6.26 Å². The number of aliphatic imine (C=N–C) groups is 1. The van der Waals surface area contributed by atoms with Crippen LogP contribution < -0.4 is 16.8 Å². The number of benzene rings is 1. The van der Waals surface area contributed by atoms with Crippen molar-refractivity contribution in [1.29, 1.82) is 10.8 Å². The van der Waals surface area contributed by atoms with Crippen molar-refractivity contribution in [1.82, 2.24) is 14.9 Å². The van der Waals surface area contributed by atoms with Crippen LogP contribution in [0.1, 0.15) is 29.7 Å². The molecule has 1 fully saturated rings. The smallest absolute Gasteiger partial charge is 0.224 e. The lowest BCUT2D eigenvalue weighted by Gasteiger charge is -2.32. The third kappa shape index (κ3) is 5.46. The van der Waals surface area contributed by atoms with E-state index in [4.69, 9.17) is 26.7 Å². The molecule has 1 saturated heterocycles. The van der Waals surface area contributed by atoms with Gasteiger partial charge in [0.2, 0.25) is 5.95 Å². The zero-order chi connectivity index (χ0) is 23.9. The Morgan fingerprint density at radius 1 is 1.18 bits per heavy atom. The summed E-state index contributed by atoms with van der Waals surface area (Å²) < 4.78 is 5.26. The predicted molar refractivity (Wildman–Crippen MR) is 134 cm³/mol. The second kappa shape index (κ2) is 10.7. The first kappa shape index (κ1) is 23.1. The molecule has 2 aromatic heterocycles. The first-order chi connectivity index (χ1) is 16.5. The molecule has 0 spiro atoms. The Bertz CT molecular complexity index is 1150. The Labute approximate surface area is 198 Å². The normalized spacial score (nSPS) is 15.2. The average molecular weight is 460 g/mol. The number of nitrogen functional groups attached to an aromatic ring is 1. The highest BCUT2D eigenvalue weighted by Crippen LogP contribution is 2.24. The summed E-state index contributed by atoms with van der Waals surface area (Å²) in [6, 6.07) is 13.4. The summed E-state index contributed by atoms with van der Waals surface area (Å²) in [5.74, 6) is 1.53. The number of piperidine rings is 1. The zero-order valence-electron chi connectivity index (χ0n) is 18.9. The molecule has 3 aromatic rings. The van der Waals surface area contributed by atoms with Gasteiger partial charge in [-0.15, -0.1) is 0 Å². The van der Waals surface area contributed by atoms with Gasteiger partial charge in [0.1, 0.15) is 5.82 Å². The van der Waals surface area contributed by atoms with Gasteiger partial charge < -0.3 is 36.9 Å². The molecule has 0 saturated carbocycles. The molecule has 10 heteroatoms. The average Bonchev–Trinajstić information content (AvgIpc) is 3.40. The molecular weight excluding hydrogens is 430 g/mol. The van der Waals surface area contributed by atoms with Crippen LogP contribution in [0.2, 0.25) is 0 Å². The van der Waals surface area contributed by atoms with E-state index in [-0.39, 0.29) is 23.5 Å². The summed E-state index contributed by atoms with van der Waals surface area (Å²) in [4.78, 5) is 15.0. The Balaban J connectivity index is 1.34. The number of nitrogens with two attached hydrogens (primary N) is 2. The fourth-order valence-corrected chi connectivity index (χ4v) is 4.05. The van der Waals surface area contributed by atoms with Crippen LogP contribution >= 0.6 is 0 Å². The van der Waals surface area contributed by atoms with Crippen molar-refractivity contribution in [3.63, 3.8) is 0 Å². The van der Waals surface area contributed by atoms with Crippen molar-refractivity contribution in [2.24, 2.45) is 16.6 Å². The summed E-state index contributed by atoms with van der Waals surface area (Å²) in [7, 11) is 0. The number of aromatic nitrogens is 2. The Kier molecular flexibility index (Phi) is 7.28. The topological polar surface area (TPSA) is 166 Å². The lowest BCUT2D eigenvalue weighted by Crippen LogP contribution is -2.38. The van der Waals surface area contributed by atoms with Gasteiger partial charge in [-0.1, -0.05) is 30.3 Å². The van der Waals surface area contributed by atoms with Crippen LogP contribution in [0.5, 0.6) is 0 Å². The number of nitrogens with one attached hydrogen (secondary N) is 3. The van der Waals surface area contributed by atoms with E-state index in [0.29, 0.717) is 23.7 Å². The third-order valence-electron chi connectivity index (χ3n) is 5.89. The van der Waals surface area contributed by atoms with Crippen molar-refractivity contribution in [3.8, 4) is 0 Å². The van der Waals surface area contributed by atoms with Gasteiger partial charge in [0.15, 0.2) is 17.4 Å². The van der Waals surface area contributed by atoms with E-state index in [0.717, 1.165) is 50.0 Å². The van der Waals surface area contributed by atoms with E-state index in [9.17, 15) is 0 Å². The number of hydrogen-bond donors (Lipinski definition) is 5. The van der Waals surface area contributed by atoms with Crippen LogP contribution in [0, 0.1) is 16.7 Å². The van der Waals surface area contributed by atoms with E-state index < -0.39 is 0 Å². The lowest BCUT2D eigenvalue weighted by atomic mass is 9.88. The molecule has 0 atom stereocenters. The molecule has 4 rings (SSSR count). The summed E-state index contributed by atoms with van der Waals surface area (Å²) >= 11 is 0. The first-order valence-electron chi connectivity index (χ1n) is 11.2. The maximum atomic E-state index is 8.52. The molecule has 0 radical (unpaired) electrons. The van der Waals surface area contributed by atoms with Crippen molar-refractivity contribution in [2.75, 3.05) is 37.2 Å². The molecule has 34 heavy (non-hydrogen) atoms. The van der Waals surface area contributed by atoms with Gasteiger partial charge in [0, 0.05) is 30.9 Å². The molecule has 1 aromatic carbocycles. The number of likely N-dealkylation sites (tertiary alicyclic amines) is 1. The highest BCUT2D eigenvalue weighted by Gasteiger charge is 2.23. The monoisotopic (exact) mass is 459 g/mol. The van der Waals surface area contributed by atoms with Crippen LogP contribution in [0.25, 0.3) is 0 Å². The Morgan fingerprint density at radius 3 is 2.62 bits per heavy atom. The Hall–Kier alpha value is -4.05. The largest absolute Gasteiger partial charge is 0.461 e. The molecule has 10 nitrogen and oxygen atoms in total. The summed E-state index contributed by atoms with van der Waals surface area (Å²) in [6.07, 6.45) is 4.57. The molecule has 176 valence electrons. The van der Waals surface area contributed by atoms with E-state index >= 15 is 0 Å². The van der Waals surface area contributed by atoms with Gasteiger partial charge in [0.25, 0.3) is 0 Å². The standard InChI is InChI=1S/C24H29N9O/c25-15-18-22(31-24(28)32-23(18)30-21(27)19-7-4-14-34-19)29-10-13-33-11-8-17(9-12-33)20(26)16-5-2-1-3-6-16/h1-7,14-15,17,25-26H,8-13H2,(H5,27,28,29,30,31,32). The first-order valence-corrected chi connectivity index (χ1v) is 11.2. The van der Waals surface area contributed by atoms with Crippen molar-refractivity contribution in [3.05, 3.63) is 65.6 Å². The highest BCUT2D eigenvalue weighted by atomic mass is 16.3. The van der Waals surface area contributed by atoms with Crippen molar-refractivity contribution in [2.45, 2.75) is 12.8 Å². The van der Waals surface area contributed by atoms with E-state index in [2.05, 4.69) is 25.2 Å². The fraction of sp³-hybridized carbons (Fsp3) is 0.292. The predicted octanol–water partition coefficient (Wildman–Crippen LogP) is 2.88. The molecule has 0 aliphatic carbocycles. The molecule has 7 N–H and O–H groups in total. The van der Waals surface area contributed by atoms with Gasteiger partial charge >= 0.3 is 0 Å². The number of furan rings is 1. The van der Waals surface area contributed by atoms with Gasteiger partial charge in [-0.2, -0.15) is 9.97 Å². The minimum absolute atomic E-state index is 0.0410. The van der Waals surface area contributed by atoms with Crippen LogP contribution in [0.3, 0.4) is 0 Å². The Morgan fingerprint density at radius 2 is 1.94 bits per heavy atom. The fourth-order valence-electron chi connectivity index (χ4n) is 4.05. The van der Waals surface area contributed by atoms with Crippen LogP contribution in [-0.2, 0) is 0 Å². The quantitative estimate of drug-likeness (QED) is 0.242. The SMILES string of the molecule is N=Cc1c(N=C(N)c2ccco2)nc(N)nc1NCCN1CCC(C(=N)c2ccccc2)CC1. The summed E-state index contributed by atoms with van der Waals surface area (Å²) in [5, 5.41) is 19.6. The maximum absolute atomic E-state index is 8.52. The second-order valence-corrected chi connectivity index (χ2v) is 8.11. The molecule has 0 amide bonds. The van der Waals surface area contributed by atoms with Gasteiger partial charge in [-0.25, -0.2) is 4.99 Å². The number of amidine groups is 1. The maximum Gasteiger partial charge on any atom is 0.224 e. The molecule has 0 bridgehead atoms. The lowest BCUT2D eigenvalue weighted by molar-refractivity contribution is 0.216. The minimum Gasteiger partial charge on any atom is -0.461 e. The summed E-state index contributed by atoms with van der Waals surface area (Å²) in [5.41, 5.74) is 14.0. The van der Waals surface area contributed by atoms with E-state index in [1.807, 2.05) is 30.3 Å². The van der Waals surface area contributed by atoms with Crippen molar-refractivity contribution < 1.29 is 4.42 Å². The van der Waals surface area contributed by atoms with Gasteiger partial charge in [-0.05, 0) is 43.6 Å². The van der Waals surface area contributed by atoms with Gasteiger partial charge in [0.05, 0.1) is 11.8 Å². The molecule has 3 heterocycles. The highest BCUT2D eigenvalue weighted by molar-refractivity contribution is 6.00. The zero-order valence-corrected chi connectivity index (χ0v) is 18.9. The molecule has 1 aliphatic rings. The minimum atomic E-state index is 0.0410. The number of anilines is 2. The molecular formula is C24H29N9O. The van der Waals surface area contributed by atoms with E-state index in [1.54, 1.807) is 12.1 Å². The number of rotatable bonds is 9. The van der Waals surface area contributed by atoms with Crippen LogP contribution in [0.4, 0.5) is 17.6 Å². The summed E-state index contributed by atoms with van der Waals surface area (Å²) in [6.45, 7) is 3.29. The molecule has 1 aliphatic heterocycles. The van der Waals surface area contributed by atoms with Gasteiger partial charge in [-0.3, -0.25) is 0 Å². The van der Waals surface area contributed by atoms with Crippen LogP contribution in [-0.4, -0.2) is 58.8 Å². The number of hydrogen-bond acceptors (Lipinski definition) is 9. The molecule has 0 unspecified atom stereocenters. The number of nitrogens with zero attached hydrogens (tertiary/aromatic N) is 4. The second-order valence-electron chi connectivity index (χ2n) is 8.11. The van der Waals surface area contributed by atoms with Crippen molar-refractivity contribution >= 4 is 35.3 Å². The third-order valence-corrected chi connectivity index (χ3v) is 5.89.